The van der Waals surface area contributed by atoms with E-state index in [1.807, 2.05) is 13.0 Å². The Labute approximate surface area is 101 Å². The lowest BCUT2D eigenvalue weighted by atomic mass is 10.1. The van der Waals surface area contributed by atoms with Gasteiger partial charge >= 0.3 is 0 Å². The molecule has 3 nitrogen and oxygen atoms in total. The normalized spacial score (nSPS) is 12.4. The molecule has 3 N–H and O–H groups in total. The fourth-order valence-corrected chi connectivity index (χ4v) is 1.68. The van der Waals surface area contributed by atoms with E-state index >= 15 is 0 Å². The van der Waals surface area contributed by atoms with Crippen molar-refractivity contribution in [3.8, 4) is 0 Å². The summed E-state index contributed by atoms with van der Waals surface area (Å²) in [6.45, 7) is 2.68. The minimum absolute atomic E-state index is 0.0234. The van der Waals surface area contributed by atoms with Crippen molar-refractivity contribution in [2.75, 3.05) is 6.54 Å². The molecule has 1 atom stereocenters. The van der Waals surface area contributed by atoms with Crippen LogP contribution in [-0.2, 0) is 4.79 Å². The fourth-order valence-electron chi connectivity index (χ4n) is 1.68. The van der Waals surface area contributed by atoms with Crippen LogP contribution in [0.15, 0.2) is 24.3 Å². The summed E-state index contributed by atoms with van der Waals surface area (Å²) < 4.78 is 13.4. The van der Waals surface area contributed by atoms with E-state index in [0.29, 0.717) is 12.0 Å². The van der Waals surface area contributed by atoms with E-state index in [1.165, 1.54) is 6.07 Å². The largest absolute Gasteiger partial charge is 0.370 e. The highest BCUT2D eigenvalue weighted by Gasteiger charge is 2.08. The number of primary amides is 1. The van der Waals surface area contributed by atoms with Crippen LogP contribution in [0, 0.1) is 5.82 Å². The maximum atomic E-state index is 13.4. The third-order valence-corrected chi connectivity index (χ3v) is 2.67. The van der Waals surface area contributed by atoms with E-state index in [2.05, 4.69) is 5.32 Å². The van der Waals surface area contributed by atoms with Crippen molar-refractivity contribution in [3.05, 3.63) is 35.6 Å². The monoisotopic (exact) mass is 238 g/mol. The maximum Gasteiger partial charge on any atom is 0.217 e. The van der Waals surface area contributed by atoms with Gasteiger partial charge in [0.15, 0.2) is 0 Å². The first-order valence-electron chi connectivity index (χ1n) is 5.87. The zero-order chi connectivity index (χ0) is 12.7. The van der Waals surface area contributed by atoms with Crippen molar-refractivity contribution in [3.63, 3.8) is 0 Å². The van der Waals surface area contributed by atoms with Crippen LogP contribution in [0.3, 0.4) is 0 Å². The summed E-state index contributed by atoms with van der Waals surface area (Å²) in [6.07, 6.45) is 2.05. The molecule has 1 aromatic carbocycles. The lowest BCUT2D eigenvalue weighted by Crippen LogP contribution is -2.21. The summed E-state index contributed by atoms with van der Waals surface area (Å²) in [5.41, 5.74) is 5.71. The van der Waals surface area contributed by atoms with Crippen LogP contribution in [0.4, 0.5) is 4.39 Å². The molecule has 4 heteroatoms. The van der Waals surface area contributed by atoms with Crippen molar-refractivity contribution < 1.29 is 9.18 Å². The first-order valence-corrected chi connectivity index (χ1v) is 5.87. The number of nitrogens with two attached hydrogens (primary N) is 1. The maximum absolute atomic E-state index is 13.4. The predicted octanol–water partition coefficient (Wildman–Crippen LogP) is 2.13. The second kappa shape index (κ2) is 7.01. The van der Waals surface area contributed by atoms with Gasteiger partial charge in [-0.15, -0.1) is 0 Å². The number of rotatable bonds is 7. The lowest BCUT2D eigenvalue weighted by Gasteiger charge is -2.14. The van der Waals surface area contributed by atoms with E-state index in [9.17, 15) is 9.18 Å². The second-order valence-corrected chi connectivity index (χ2v) is 4.12. The Morgan fingerprint density at radius 2 is 2.12 bits per heavy atom. The summed E-state index contributed by atoms with van der Waals surface area (Å²) in [5, 5.41) is 3.22. The highest BCUT2D eigenvalue weighted by atomic mass is 19.1. The van der Waals surface area contributed by atoms with Crippen LogP contribution in [0.5, 0.6) is 0 Å². The smallest absolute Gasteiger partial charge is 0.217 e. The van der Waals surface area contributed by atoms with Gasteiger partial charge in [0.05, 0.1) is 0 Å². The zero-order valence-electron chi connectivity index (χ0n) is 10.1. The average Bonchev–Trinajstić information content (AvgIpc) is 2.28. The van der Waals surface area contributed by atoms with Crippen LogP contribution in [-0.4, -0.2) is 12.5 Å². The fraction of sp³-hybridized carbons (Fsp3) is 0.462. The molecule has 0 fully saturated rings. The van der Waals surface area contributed by atoms with Gasteiger partial charge in [-0.2, -0.15) is 0 Å². The van der Waals surface area contributed by atoms with E-state index in [0.717, 1.165) is 19.4 Å². The van der Waals surface area contributed by atoms with Gasteiger partial charge in [0.25, 0.3) is 0 Å². The van der Waals surface area contributed by atoms with Gasteiger partial charge in [-0.25, -0.2) is 4.39 Å². The third-order valence-electron chi connectivity index (χ3n) is 2.67. The Morgan fingerprint density at radius 3 is 2.76 bits per heavy atom. The molecule has 1 unspecified atom stereocenters. The van der Waals surface area contributed by atoms with Crippen molar-refractivity contribution in [2.24, 2.45) is 5.73 Å². The number of unbranched alkanes of at least 4 members (excludes halogenated alkanes) is 1. The van der Waals surface area contributed by atoms with E-state index in [-0.39, 0.29) is 17.8 Å². The van der Waals surface area contributed by atoms with Gasteiger partial charge in [0, 0.05) is 18.0 Å². The Kier molecular flexibility index (Phi) is 5.63. The molecular formula is C13H19FN2O. The number of carbonyl (C=O) groups excluding carboxylic acids is 1. The number of hydrogen-bond donors (Lipinski definition) is 2. The predicted molar refractivity (Wildman–Crippen MR) is 65.9 cm³/mol. The number of amides is 1. The molecule has 0 aliphatic carbocycles. The molecule has 0 aromatic heterocycles. The van der Waals surface area contributed by atoms with Gasteiger partial charge in [-0.3, -0.25) is 4.79 Å². The Morgan fingerprint density at radius 1 is 1.41 bits per heavy atom. The Hall–Kier alpha value is -1.42. The third kappa shape index (κ3) is 4.95. The molecule has 0 saturated heterocycles. The molecule has 1 rings (SSSR count). The van der Waals surface area contributed by atoms with Gasteiger partial charge in [-0.05, 0) is 32.4 Å². The van der Waals surface area contributed by atoms with E-state index in [4.69, 9.17) is 5.73 Å². The first-order chi connectivity index (χ1) is 8.11. The standard InChI is InChI=1S/C13H19FN2O/c1-10(11-6-2-3-7-12(11)14)16-9-5-4-8-13(15)17/h2-3,6-7,10,16H,4-5,8-9H2,1H3,(H2,15,17). The van der Waals surface area contributed by atoms with Gasteiger partial charge < -0.3 is 11.1 Å². The molecule has 0 heterocycles. The summed E-state index contributed by atoms with van der Waals surface area (Å²) in [4.78, 5) is 10.5. The summed E-state index contributed by atoms with van der Waals surface area (Å²) in [7, 11) is 0. The molecule has 0 radical (unpaired) electrons. The van der Waals surface area contributed by atoms with Gasteiger partial charge in [0.2, 0.25) is 5.91 Å². The van der Waals surface area contributed by atoms with Gasteiger partial charge in [-0.1, -0.05) is 18.2 Å². The Bertz CT molecular complexity index is 368. The average molecular weight is 238 g/mol. The SMILES string of the molecule is CC(NCCCCC(N)=O)c1ccccc1F. The number of carbonyl (C=O) groups is 1. The summed E-state index contributed by atoms with van der Waals surface area (Å²) in [5.74, 6) is -0.461. The quantitative estimate of drug-likeness (QED) is 0.715. The number of benzene rings is 1. The zero-order valence-corrected chi connectivity index (χ0v) is 10.1. The molecule has 17 heavy (non-hydrogen) atoms. The topological polar surface area (TPSA) is 55.1 Å². The highest BCUT2D eigenvalue weighted by molar-refractivity contribution is 5.73. The number of hydrogen-bond acceptors (Lipinski definition) is 2. The van der Waals surface area contributed by atoms with Crippen LogP contribution in [0.25, 0.3) is 0 Å². The van der Waals surface area contributed by atoms with Crippen LogP contribution < -0.4 is 11.1 Å². The van der Waals surface area contributed by atoms with Crippen molar-refractivity contribution >= 4 is 5.91 Å². The summed E-state index contributed by atoms with van der Waals surface area (Å²) >= 11 is 0. The van der Waals surface area contributed by atoms with Crippen LogP contribution >= 0.6 is 0 Å². The number of halogens is 1. The molecule has 1 amide bonds. The minimum Gasteiger partial charge on any atom is -0.370 e. The molecule has 1 aromatic rings. The molecule has 0 saturated carbocycles. The molecule has 0 spiro atoms. The van der Waals surface area contributed by atoms with Crippen LogP contribution in [0.1, 0.15) is 37.8 Å². The van der Waals surface area contributed by atoms with Crippen LogP contribution in [0.2, 0.25) is 0 Å². The second-order valence-electron chi connectivity index (χ2n) is 4.12. The van der Waals surface area contributed by atoms with Crippen molar-refractivity contribution in [1.29, 1.82) is 0 Å². The highest BCUT2D eigenvalue weighted by Crippen LogP contribution is 2.15. The first kappa shape index (κ1) is 13.6. The van der Waals surface area contributed by atoms with Crippen molar-refractivity contribution in [1.82, 2.24) is 5.32 Å². The molecular weight excluding hydrogens is 219 g/mol. The molecule has 0 bridgehead atoms. The Balaban J connectivity index is 2.28. The summed E-state index contributed by atoms with van der Waals surface area (Å²) in [6, 6.07) is 6.71. The van der Waals surface area contributed by atoms with E-state index in [1.54, 1.807) is 12.1 Å². The minimum atomic E-state index is -0.271. The molecule has 0 aliphatic heterocycles. The van der Waals surface area contributed by atoms with E-state index < -0.39 is 0 Å². The van der Waals surface area contributed by atoms with Crippen molar-refractivity contribution in [2.45, 2.75) is 32.2 Å². The molecule has 94 valence electrons. The lowest BCUT2D eigenvalue weighted by molar-refractivity contribution is -0.118. The van der Waals surface area contributed by atoms with Gasteiger partial charge in [0.1, 0.15) is 5.82 Å². The molecule has 0 aliphatic rings. The number of nitrogens with one attached hydrogen (secondary N) is 1.